The van der Waals surface area contributed by atoms with Gasteiger partial charge in [0.15, 0.2) is 0 Å². The van der Waals surface area contributed by atoms with Gasteiger partial charge in [0.25, 0.3) is 11.8 Å². The first-order chi connectivity index (χ1) is 15.8. The van der Waals surface area contributed by atoms with Crippen LogP contribution in [0.2, 0.25) is 5.02 Å². The molecule has 0 atom stereocenters. The van der Waals surface area contributed by atoms with Crippen LogP contribution in [0.15, 0.2) is 18.2 Å². The Balaban J connectivity index is 2.03. The van der Waals surface area contributed by atoms with E-state index in [1.54, 1.807) is 17.0 Å². The van der Waals surface area contributed by atoms with Gasteiger partial charge in [0.05, 0.1) is 11.4 Å². The van der Waals surface area contributed by atoms with E-state index in [9.17, 15) is 9.59 Å². The largest absolute Gasteiger partial charge is 0.375 e. The number of aryl methyl sites for hydroxylation is 1. The van der Waals surface area contributed by atoms with Crippen molar-refractivity contribution in [1.82, 2.24) is 19.4 Å². The van der Waals surface area contributed by atoms with Gasteiger partial charge in [-0.3, -0.25) is 14.5 Å². The van der Waals surface area contributed by atoms with E-state index in [-0.39, 0.29) is 18.4 Å². The van der Waals surface area contributed by atoms with Crippen LogP contribution < -0.4 is 4.90 Å². The van der Waals surface area contributed by atoms with E-state index < -0.39 is 0 Å². The van der Waals surface area contributed by atoms with E-state index in [0.717, 1.165) is 42.3 Å². The molecule has 0 bridgehead atoms. The zero-order chi connectivity index (χ0) is 24.0. The number of hydrogen-bond donors (Lipinski definition) is 0. The van der Waals surface area contributed by atoms with Gasteiger partial charge in [-0.15, -0.1) is 5.10 Å². The van der Waals surface area contributed by atoms with Crippen molar-refractivity contribution in [2.75, 3.05) is 44.8 Å². The highest BCUT2D eigenvalue weighted by Crippen LogP contribution is 2.28. The number of carbonyl (C=O) groups is 2. The van der Waals surface area contributed by atoms with Crippen LogP contribution >= 0.6 is 23.1 Å². The molecule has 2 heterocycles. The molecule has 0 N–H and O–H groups in total. The Hall–Kier alpha value is -2.07. The van der Waals surface area contributed by atoms with Crippen LogP contribution in [-0.4, -0.2) is 77.1 Å². The van der Waals surface area contributed by atoms with Crippen LogP contribution in [0.3, 0.4) is 0 Å². The number of methoxy groups -OCH3 is 1. The Morgan fingerprint density at radius 1 is 1.21 bits per heavy atom. The number of rotatable bonds is 5. The second kappa shape index (κ2) is 11.9. The molecule has 0 spiro atoms. The highest BCUT2D eigenvalue weighted by atomic mass is 35.5. The highest BCUT2D eigenvalue weighted by molar-refractivity contribution is 7.08. The number of aromatic nitrogens is 2. The zero-order valence-corrected chi connectivity index (χ0v) is 21.3. The van der Waals surface area contributed by atoms with Crippen molar-refractivity contribution >= 4 is 40.6 Å². The summed E-state index contributed by atoms with van der Waals surface area (Å²) in [6.07, 6.45) is 1.45. The predicted octanol–water partition coefficient (Wildman–Crippen LogP) is 3.49. The molecule has 0 saturated heterocycles. The summed E-state index contributed by atoms with van der Waals surface area (Å²) in [5, 5.41) is 4.66. The maximum Gasteiger partial charge on any atom is 0.267 e. The average molecular weight is 494 g/mol. The summed E-state index contributed by atoms with van der Waals surface area (Å²) < 4.78 is 9.14. The lowest BCUT2D eigenvalue weighted by Gasteiger charge is -2.30. The molecule has 1 aliphatic heterocycles. The van der Waals surface area contributed by atoms with Gasteiger partial charge in [-0.1, -0.05) is 29.1 Å². The SMILES string of the molecule is CCc1nnsc1C(=O)N1CCN(C(C)C)CCCN(C(=O)COC)c2cc(Cl)ccc2C1. The van der Waals surface area contributed by atoms with Gasteiger partial charge in [-0.25, -0.2) is 0 Å². The van der Waals surface area contributed by atoms with Crippen LogP contribution in [0.5, 0.6) is 0 Å². The van der Waals surface area contributed by atoms with Crippen molar-refractivity contribution < 1.29 is 14.3 Å². The first-order valence-electron chi connectivity index (χ1n) is 11.3. The lowest BCUT2D eigenvalue weighted by atomic mass is 10.1. The topological polar surface area (TPSA) is 78.9 Å². The van der Waals surface area contributed by atoms with Gasteiger partial charge in [0.1, 0.15) is 11.5 Å². The molecule has 33 heavy (non-hydrogen) atoms. The van der Waals surface area contributed by atoms with Gasteiger partial charge in [-0.05, 0) is 55.9 Å². The Bertz CT molecular complexity index is 967. The van der Waals surface area contributed by atoms with Gasteiger partial charge in [-0.2, -0.15) is 0 Å². The fourth-order valence-corrected chi connectivity index (χ4v) is 4.90. The molecule has 2 aromatic rings. The number of nitrogens with zero attached hydrogens (tertiary/aromatic N) is 5. The molecular weight excluding hydrogens is 462 g/mol. The number of amides is 2. The van der Waals surface area contributed by atoms with Crippen molar-refractivity contribution in [2.45, 2.75) is 46.2 Å². The quantitative estimate of drug-likeness (QED) is 0.634. The molecule has 0 radical (unpaired) electrons. The lowest BCUT2D eigenvalue weighted by molar-refractivity contribution is -0.122. The maximum absolute atomic E-state index is 13.6. The van der Waals surface area contributed by atoms with E-state index >= 15 is 0 Å². The summed E-state index contributed by atoms with van der Waals surface area (Å²) in [5.74, 6) is -0.213. The number of fused-ring (bicyclic) bond motifs is 1. The summed E-state index contributed by atoms with van der Waals surface area (Å²) in [7, 11) is 1.51. The van der Waals surface area contributed by atoms with Gasteiger partial charge < -0.3 is 14.5 Å². The second-order valence-electron chi connectivity index (χ2n) is 8.36. The lowest BCUT2D eigenvalue weighted by Crippen LogP contribution is -2.41. The van der Waals surface area contributed by atoms with Crippen molar-refractivity contribution in [3.05, 3.63) is 39.4 Å². The third-order valence-corrected chi connectivity index (χ3v) is 6.85. The van der Waals surface area contributed by atoms with Crippen molar-refractivity contribution in [2.24, 2.45) is 0 Å². The maximum atomic E-state index is 13.6. The third-order valence-electron chi connectivity index (χ3n) is 5.85. The summed E-state index contributed by atoms with van der Waals surface area (Å²) in [6.45, 7) is 9.27. The van der Waals surface area contributed by atoms with Crippen LogP contribution in [0.4, 0.5) is 5.69 Å². The van der Waals surface area contributed by atoms with E-state index in [1.165, 1.54) is 7.11 Å². The number of benzene rings is 1. The van der Waals surface area contributed by atoms with Gasteiger partial charge in [0, 0.05) is 50.9 Å². The number of carbonyl (C=O) groups excluding carboxylic acids is 2. The molecule has 10 heteroatoms. The minimum atomic E-state index is -0.130. The molecule has 2 amide bonds. The van der Waals surface area contributed by atoms with E-state index in [4.69, 9.17) is 16.3 Å². The fourth-order valence-electron chi connectivity index (χ4n) is 4.02. The average Bonchev–Trinajstić information content (AvgIpc) is 3.25. The number of ether oxygens (including phenoxy) is 1. The highest BCUT2D eigenvalue weighted by Gasteiger charge is 2.27. The van der Waals surface area contributed by atoms with Crippen LogP contribution in [0, 0.1) is 0 Å². The molecule has 3 rings (SSSR count). The molecule has 0 aliphatic carbocycles. The Labute approximate surface area is 204 Å². The molecule has 0 unspecified atom stereocenters. The molecule has 1 aromatic heterocycles. The van der Waals surface area contributed by atoms with Crippen LogP contribution in [-0.2, 0) is 22.5 Å². The second-order valence-corrected chi connectivity index (χ2v) is 9.55. The van der Waals surface area contributed by atoms with Crippen LogP contribution in [0.1, 0.15) is 48.1 Å². The number of hydrogen-bond acceptors (Lipinski definition) is 7. The summed E-state index contributed by atoms with van der Waals surface area (Å²) in [6, 6.07) is 5.82. The number of halogens is 1. The Morgan fingerprint density at radius 2 is 2.00 bits per heavy atom. The predicted molar refractivity (Wildman–Crippen MR) is 131 cm³/mol. The number of anilines is 1. The van der Waals surface area contributed by atoms with Crippen LogP contribution in [0.25, 0.3) is 0 Å². The molecule has 0 saturated carbocycles. The normalized spacial score (nSPS) is 15.9. The first kappa shape index (κ1) is 25.6. The van der Waals surface area contributed by atoms with Crippen molar-refractivity contribution in [3.63, 3.8) is 0 Å². The molecule has 8 nitrogen and oxygen atoms in total. The summed E-state index contributed by atoms with van der Waals surface area (Å²) in [4.78, 5) is 33.0. The van der Waals surface area contributed by atoms with Crippen molar-refractivity contribution in [3.8, 4) is 0 Å². The smallest absolute Gasteiger partial charge is 0.267 e. The summed E-state index contributed by atoms with van der Waals surface area (Å²) >= 11 is 7.47. The molecule has 0 fully saturated rings. The van der Waals surface area contributed by atoms with E-state index in [0.29, 0.717) is 47.7 Å². The molecule has 1 aliphatic rings. The molecular formula is C23H32ClN5O3S. The minimum absolute atomic E-state index is 0.0190. The standard InChI is InChI=1S/C23H32ClN5O3S/c1-5-19-22(33-26-25-19)23(31)28-12-11-27(16(2)3)9-6-10-29(21(30)15-32-4)20-13-18(24)8-7-17(20)14-28/h7-8,13,16H,5-6,9-12,14-15H2,1-4H3. The molecule has 180 valence electrons. The first-order valence-corrected chi connectivity index (χ1v) is 12.4. The van der Waals surface area contributed by atoms with E-state index in [1.807, 2.05) is 17.9 Å². The van der Waals surface area contributed by atoms with Crippen molar-refractivity contribution in [1.29, 1.82) is 0 Å². The van der Waals surface area contributed by atoms with Gasteiger partial charge >= 0.3 is 0 Å². The zero-order valence-electron chi connectivity index (χ0n) is 19.7. The summed E-state index contributed by atoms with van der Waals surface area (Å²) in [5.41, 5.74) is 2.30. The fraction of sp³-hybridized carbons (Fsp3) is 0.565. The third kappa shape index (κ3) is 6.29. The molecule has 1 aromatic carbocycles. The van der Waals surface area contributed by atoms with Gasteiger partial charge in [0.2, 0.25) is 0 Å². The monoisotopic (exact) mass is 493 g/mol. The van der Waals surface area contributed by atoms with E-state index in [2.05, 4.69) is 28.3 Å². The minimum Gasteiger partial charge on any atom is -0.375 e. The Kier molecular flexibility index (Phi) is 9.19. The Morgan fingerprint density at radius 3 is 2.70 bits per heavy atom.